The monoisotopic (exact) mass is 248 g/mol. The van der Waals surface area contributed by atoms with Crippen molar-refractivity contribution in [1.82, 2.24) is 25.3 Å². The number of aliphatic hydroxyl groups is 1. The summed E-state index contributed by atoms with van der Waals surface area (Å²) in [6.45, 7) is 3.55. The minimum atomic E-state index is 0.181. The Hall–Kier alpha value is -1.73. The predicted octanol–water partition coefficient (Wildman–Crippen LogP) is -0.629. The number of H-pyrrole nitrogens is 1. The number of aliphatic hydroxyl groups excluding tert-OH is 1. The zero-order valence-corrected chi connectivity index (χ0v) is 10.0. The average Bonchev–Trinajstić information content (AvgIpc) is 2.75. The molecule has 0 bridgehead atoms. The van der Waals surface area contributed by atoms with E-state index in [-0.39, 0.29) is 12.5 Å². The van der Waals surface area contributed by atoms with Crippen LogP contribution in [0.25, 0.3) is 11.2 Å². The van der Waals surface area contributed by atoms with E-state index in [0.717, 1.165) is 37.5 Å². The molecule has 3 N–H and O–H groups in total. The van der Waals surface area contributed by atoms with Crippen molar-refractivity contribution in [2.45, 2.75) is 0 Å². The first-order valence-electron chi connectivity index (χ1n) is 6.09. The summed E-state index contributed by atoms with van der Waals surface area (Å²) in [5, 5.41) is 12.7. The van der Waals surface area contributed by atoms with Gasteiger partial charge in [-0.1, -0.05) is 0 Å². The maximum absolute atomic E-state index is 9.33. The topological polar surface area (TPSA) is 90.0 Å². The van der Waals surface area contributed by atoms with Crippen molar-refractivity contribution in [3.8, 4) is 0 Å². The molecule has 3 heterocycles. The third-order valence-electron chi connectivity index (χ3n) is 3.23. The summed E-state index contributed by atoms with van der Waals surface area (Å²) in [7, 11) is 0. The van der Waals surface area contributed by atoms with E-state index in [4.69, 9.17) is 0 Å². The number of imidazole rings is 1. The molecule has 1 atom stereocenters. The third kappa shape index (κ3) is 2.02. The summed E-state index contributed by atoms with van der Waals surface area (Å²) in [5.41, 5.74) is 1.54. The van der Waals surface area contributed by atoms with E-state index >= 15 is 0 Å². The Balaban J connectivity index is 1.94. The van der Waals surface area contributed by atoms with Gasteiger partial charge in [0.2, 0.25) is 0 Å². The van der Waals surface area contributed by atoms with Crippen molar-refractivity contribution in [2.24, 2.45) is 5.92 Å². The Morgan fingerprint density at radius 3 is 3.22 bits per heavy atom. The minimum absolute atomic E-state index is 0.181. The van der Waals surface area contributed by atoms with Gasteiger partial charge < -0.3 is 20.3 Å². The fourth-order valence-electron chi connectivity index (χ4n) is 2.29. The fraction of sp³-hybridized carbons (Fsp3) is 0.545. The highest BCUT2D eigenvalue weighted by molar-refractivity contribution is 5.82. The summed E-state index contributed by atoms with van der Waals surface area (Å²) >= 11 is 0. The van der Waals surface area contributed by atoms with Crippen LogP contribution in [0.3, 0.4) is 0 Å². The molecule has 18 heavy (non-hydrogen) atoms. The van der Waals surface area contributed by atoms with Crippen LogP contribution >= 0.6 is 0 Å². The Bertz CT molecular complexity index is 527. The van der Waals surface area contributed by atoms with E-state index in [1.165, 1.54) is 6.33 Å². The number of hydrogen-bond donors (Lipinski definition) is 3. The number of hydrogen-bond acceptors (Lipinski definition) is 6. The number of fused-ring (bicyclic) bond motifs is 1. The maximum atomic E-state index is 9.33. The van der Waals surface area contributed by atoms with Crippen LogP contribution in [0.2, 0.25) is 0 Å². The van der Waals surface area contributed by atoms with Crippen LogP contribution in [-0.4, -0.2) is 57.8 Å². The molecule has 2 aromatic rings. The highest BCUT2D eigenvalue weighted by Crippen LogP contribution is 2.20. The number of aromatic nitrogens is 4. The Labute approximate surface area is 104 Å². The number of nitrogens with zero attached hydrogens (tertiary/aromatic N) is 4. The Morgan fingerprint density at radius 2 is 2.33 bits per heavy atom. The number of rotatable bonds is 2. The van der Waals surface area contributed by atoms with Crippen molar-refractivity contribution in [3.05, 3.63) is 12.7 Å². The van der Waals surface area contributed by atoms with Crippen LogP contribution in [0.4, 0.5) is 5.82 Å². The molecule has 1 fully saturated rings. The van der Waals surface area contributed by atoms with Gasteiger partial charge in [0, 0.05) is 38.7 Å². The first kappa shape index (κ1) is 11.4. The molecular weight excluding hydrogens is 232 g/mol. The van der Waals surface area contributed by atoms with E-state index in [0.29, 0.717) is 5.65 Å². The quantitative estimate of drug-likeness (QED) is 0.655. The highest BCUT2D eigenvalue weighted by atomic mass is 16.3. The van der Waals surface area contributed by atoms with Gasteiger partial charge in [0.05, 0.1) is 6.33 Å². The van der Waals surface area contributed by atoms with Crippen LogP contribution in [0.15, 0.2) is 12.7 Å². The summed E-state index contributed by atoms with van der Waals surface area (Å²) < 4.78 is 0. The molecule has 3 rings (SSSR count). The maximum Gasteiger partial charge on any atom is 0.182 e. The van der Waals surface area contributed by atoms with E-state index < -0.39 is 0 Å². The standard InChI is InChI=1S/C11H16N6O/c18-5-8-3-12-1-2-17(4-8)11-9-10(14-6-13-9)15-7-16-11/h6-8,12,18H,1-5H2,(H,13,14,15,16). The second-order valence-corrected chi connectivity index (χ2v) is 4.50. The minimum Gasteiger partial charge on any atom is -0.396 e. The largest absolute Gasteiger partial charge is 0.396 e. The summed E-state index contributed by atoms with van der Waals surface area (Å²) in [5.74, 6) is 1.08. The lowest BCUT2D eigenvalue weighted by molar-refractivity contribution is 0.230. The predicted molar refractivity (Wildman–Crippen MR) is 67.3 cm³/mol. The molecule has 1 aliphatic heterocycles. The molecule has 0 aromatic carbocycles. The second kappa shape index (κ2) is 4.87. The summed E-state index contributed by atoms with van der Waals surface area (Å²) in [4.78, 5) is 17.8. The first-order valence-corrected chi connectivity index (χ1v) is 6.09. The molecule has 0 amide bonds. The van der Waals surface area contributed by atoms with Crippen molar-refractivity contribution in [1.29, 1.82) is 0 Å². The van der Waals surface area contributed by atoms with Crippen molar-refractivity contribution >= 4 is 17.0 Å². The molecule has 1 aliphatic rings. The van der Waals surface area contributed by atoms with E-state index in [9.17, 15) is 5.11 Å². The van der Waals surface area contributed by atoms with Crippen LogP contribution in [0, 0.1) is 5.92 Å². The van der Waals surface area contributed by atoms with Gasteiger partial charge in [-0.25, -0.2) is 15.0 Å². The zero-order valence-electron chi connectivity index (χ0n) is 10.0. The summed E-state index contributed by atoms with van der Waals surface area (Å²) in [6.07, 6.45) is 3.16. The van der Waals surface area contributed by atoms with Crippen LogP contribution < -0.4 is 10.2 Å². The molecule has 0 aliphatic carbocycles. The Kier molecular flexibility index (Phi) is 3.07. The van der Waals surface area contributed by atoms with E-state index in [2.05, 4.69) is 30.2 Å². The highest BCUT2D eigenvalue weighted by Gasteiger charge is 2.20. The average molecular weight is 248 g/mol. The molecule has 1 saturated heterocycles. The van der Waals surface area contributed by atoms with Gasteiger partial charge in [-0.2, -0.15) is 0 Å². The van der Waals surface area contributed by atoms with Crippen molar-refractivity contribution < 1.29 is 5.11 Å². The first-order chi connectivity index (χ1) is 8.88. The van der Waals surface area contributed by atoms with Gasteiger partial charge in [-0.15, -0.1) is 0 Å². The van der Waals surface area contributed by atoms with Gasteiger partial charge in [0.15, 0.2) is 11.5 Å². The third-order valence-corrected chi connectivity index (χ3v) is 3.23. The zero-order chi connectivity index (χ0) is 12.4. The lowest BCUT2D eigenvalue weighted by Crippen LogP contribution is -2.32. The van der Waals surface area contributed by atoms with Crippen LogP contribution in [0.5, 0.6) is 0 Å². The molecule has 0 radical (unpaired) electrons. The molecule has 0 spiro atoms. The van der Waals surface area contributed by atoms with Gasteiger partial charge >= 0.3 is 0 Å². The smallest absolute Gasteiger partial charge is 0.182 e. The van der Waals surface area contributed by atoms with E-state index in [1.807, 2.05) is 0 Å². The number of anilines is 1. The molecule has 1 unspecified atom stereocenters. The van der Waals surface area contributed by atoms with Gasteiger partial charge in [0.25, 0.3) is 0 Å². The molecule has 96 valence electrons. The Morgan fingerprint density at radius 1 is 1.39 bits per heavy atom. The van der Waals surface area contributed by atoms with Crippen molar-refractivity contribution in [2.75, 3.05) is 37.7 Å². The normalized spacial score (nSPS) is 21.2. The second-order valence-electron chi connectivity index (χ2n) is 4.50. The van der Waals surface area contributed by atoms with Crippen LogP contribution in [0.1, 0.15) is 0 Å². The fourth-order valence-corrected chi connectivity index (χ4v) is 2.29. The molecule has 2 aromatic heterocycles. The molecular formula is C11H16N6O. The van der Waals surface area contributed by atoms with Gasteiger partial charge in [-0.3, -0.25) is 0 Å². The molecule has 7 nitrogen and oxygen atoms in total. The number of aromatic amines is 1. The van der Waals surface area contributed by atoms with Gasteiger partial charge in [-0.05, 0) is 0 Å². The number of nitrogens with one attached hydrogen (secondary N) is 2. The van der Waals surface area contributed by atoms with Gasteiger partial charge in [0.1, 0.15) is 11.8 Å². The molecule has 7 heteroatoms. The summed E-state index contributed by atoms with van der Waals surface area (Å²) in [6, 6.07) is 0. The van der Waals surface area contributed by atoms with Crippen molar-refractivity contribution in [3.63, 3.8) is 0 Å². The van der Waals surface area contributed by atoms with Crippen LogP contribution in [-0.2, 0) is 0 Å². The lowest BCUT2D eigenvalue weighted by Gasteiger charge is -2.24. The molecule has 0 saturated carbocycles. The SMILES string of the molecule is OCC1CNCCN(c2ncnc3nc[nH]c23)C1. The van der Waals surface area contributed by atoms with E-state index in [1.54, 1.807) is 6.33 Å². The lowest BCUT2D eigenvalue weighted by atomic mass is 10.1.